The average molecular weight is 238 g/mol. The highest BCUT2D eigenvalue weighted by Crippen LogP contribution is 2.17. The number of hydrogen-bond acceptors (Lipinski definition) is 2. The van der Waals surface area contributed by atoms with Crippen molar-refractivity contribution in [2.45, 2.75) is 6.92 Å². The Balaban J connectivity index is 2.71. The third kappa shape index (κ3) is 1.49. The highest BCUT2D eigenvalue weighted by atomic mass is 79.9. The predicted molar refractivity (Wildman–Crippen MR) is 57.0 cm³/mol. The van der Waals surface area contributed by atoms with Gasteiger partial charge in [0.05, 0.1) is 11.0 Å². The molecule has 0 aliphatic carbocycles. The van der Waals surface area contributed by atoms with Crippen LogP contribution in [0.1, 0.15) is 6.92 Å². The van der Waals surface area contributed by atoms with Crippen molar-refractivity contribution in [1.82, 2.24) is 9.66 Å². The first kappa shape index (κ1) is 8.44. The Hall–Kier alpha value is -1.16. The Morgan fingerprint density at radius 2 is 2.46 bits per heavy atom. The molecule has 0 saturated carbocycles. The lowest BCUT2D eigenvalue weighted by Gasteiger charge is -1.96. The van der Waals surface area contributed by atoms with E-state index < -0.39 is 0 Å². The molecule has 3 nitrogen and oxygen atoms in total. The topological polar surface area (TPSA) is 30.2 Å². The maximum Gasteiger partial charge on any atom is 0.0914 e. The summed E-state index contributed by atoms with van der Waals surface area (Å²) in [5, 5.41) is 4.17. The number of rotatable bonds is 1. The minimum absolute atomic E-state index is 0.953. The largest absolute Gasteiger partial charge is 0.253 e. The van der Waals surface area contributed by atoms with Gasteiger partial charge in [0.15, 0.2) is 0 Å². The maximum absolute atomic E-state index is 4.24. The van der Waals surface area contributed by atoms with E-state index in [0.29, 0.717) is 0 Å². The van der Waals surface area contributed by atoms with Crippen molar-refractivity contribution in [3.05, 3.63) is 29.0 Å². The van der Waals surface area contributed by atoms with E-state index in [-0.39, 0.29) is 0 Å². The molecule has 0 radical (unpaired) electrons. The molecule has 0 atom stereocenters. The van der Waals surface area contributed by atoms with Gasteiger partial charge in [0.1, 0.15) is 0 Å². The van der Waals surface area contributed by atoms with Crippen molar-refractivity contribution in [2.75, 3.05) is 0 Å². The molecule has 0 fully saturated rings. The van der Waals surface area contributed by atoms with Gasteiger partial charge in [-0.15, -0.1) is 0 Å². The minimum Gasteiger partial charge on any atom is -0.253 e. The Kier molecular flexibility index (Phi) is 2.14. The maximum atomic E-state index is 4.24. The zero-order chi connectivity index (χ0) is 9.26. The summed E-state index contributed by atoms with van der Waals surface area (Å²) in [5.41, 5.74) is 1.96. The number of halogens is 1. The monoisotopic (exact) mass is 237 g/mol. The van der Waals surface area contributed by atoms with Gasteiger partial charge in [0, 0.05) is 23.1 Å². The van der Waals surface area contributed by atoms with Crippen LogP contribution in [-0.4, -0.2) is 15.9 Å². The number of aromatic nitrogens is 2. The third-order valence-corrected chi connectivity index (χ3v) is 2.16. The first-order chi connectivity index (χ1) is 6.31. The predicted octanol–water partition coefficient (Wildman–Crippen LogP) is 2.65. The molecule has 0 aromatic carbocycles. The summed E-state index contributed by atoms with van der Waals surface area (Å²) in [5.74, 6) is 0. The molecule has 0 amide bonds. The Morgan fingerprint density at radius 3 is 3.23 bits per heavy atom. The lowest BCUT2D eigenvalue weighted by Crippen LogP contribution is -1.85. The summed E-state index contributed by atoms with van der Waals surface area (Å²) in [6, 6.07) is 3.93. The van der Waals surface area contributed by atoms with E-state index in [2.05, 4.69) is 26.0 Å². The zero-order valence-corrected chi connectivity index (χ0v) is 8.69. The summed E-state index contributed by atoms with van der Waals surface area (Å²) >= 11 is 3.37. The van der Waals surface area contributed by atoms with Gasteiger partial charge in [-0.1, -0.05) is 0 Å². The molecule has 2 aromatic heterocycles. The molecular formula is C9H8BrN3. The quantitative estimate of drug-likeness (QED) is 0.702. The molecule has 0 aliphatic rings. The molecule has 13 heavy (non-hydrogen) atoms. The van der Waals surface area contributed by atoms with Crippen molar-refractivity contribution in [3.63, 3.8) is 0 Å². The molecule has 2 aromatic rings. The number of nitrogens with zero attached hydrogens (tertiary/aromatic N) is 3. The van der Waals surface area contributed by atoms with Crippen LogP contribution in [-0.2, 0) is 0 Å². The van der Waals surface area contributed by atoms with E-state index in [1.54, 1.807) is 17.1 Å². The molecule has 0 spiro atoms. The normalized spacial score (nSPS) is 11.5. The van der Waals surface area contributed by atoms with Crippen molar-refractivity contribution >= 4 is 33.2 Å². The number of pyridine rings is 1. The fourth-order valence-corrected chi connectivity index (χ4v) is 1.52. The SMILES string of the molecule is CC=Nn1ccc2ncc(Br)cc21. The van der Waals surface area contributed by atoms with E-state index in [1.165, 1.54) is 0 Å². The smallest absolute Gasteiger partial charge is 0.0914 e. The lowest BCUT2D eigenvalue weighted by molar-refractivity contribution is 0.930. The average Bonchev–Trinajstić information content (AvgIpc) is 2.49. The molecule has 0 unspecified atom stereocenters. The fraction of sp³-hybridized carbons (Fsp3) is 0.111. The minimum atomic E-state index is 0.953. The van der Waals surface area contributed by atoms with Gasteiger partial charge in [-0.25, -0.2) is 4.68 Å². The van der Waals surface area contributed by atoms with Gasteiger partial charge in [-0.05, 0) is 35.0 Å². The van der Waals surface area contributed by atoms with Gasteiger partial charge in [-0.3, -0.25) is 4.98 Å². The van der Waals surface area contributed by atoms with E-state index in [4.69, 9.17) is 0 Å². The second-order valence-electron chi connectivity index (χ2n) is 2.59. The highest BCUT2D eigenvalue weighted by molar-refractivity contribution is 9.10. The molecule has 0 saturated heterocycles. The van der Waals surface area contributed by atoms with Crippen LogP contribution in [0.25, 0.3) is 11.0 Å². The van der Waals surface area contributed by atoms with Gasteiger partial charge >= 0.3 is 0 Å². The Morgan fingerprint density at radius 1 is 1.62 bits per heavy atom. The van der Waals surface area contributed by atoms with Crippen molar-refractivity contribution < 1.29 is 0 Å². The van der Waals surface area contributed by atoms with Gasteiger partial charge in [0.25, 0.3) is 0 Å². The fourth-order valence-electron chi connectivity index (χ4n) is 1.20. The molecule has 4 heteroatoms. The number of fused-ring (bicyclic) bond motifs is 1. The van der Waals surface area contributed by atoms with E-state index >= 15 is 0 Å². The second-order valence-corrected chi connectivity index (χ2v) is 3.51. The summed E-state index contributed by atoms with van der Waals surface area (Å²) in [6.07, 6.45) is 5.42. The molecule has 0 N–H and O–H groups in total. The van der Waals surface area contributed by atoms with Crippen LogP contribution in [0, 0.1) is 0 Å². The van der Waals surface area contributed by atoms with E-state index in [9.17, 15) is 0 Å². The first-order valence-corrected chi connectivity index (χ1v) is 4.72. The molecule has 0 bridgehead atoms. The van der Waals surface area contributed by atoms with Crippen LogP contribution in [0.2, 0.25) is 0 Å². The van der Waals surface area contributed by atoms with Crippen molar-refractivity contribution in [3.8, 4) is 0 Å². The second kappa shape index (κ2) is 3.30. The van der Waals surface area contributed by atoms with E-state index in [1.807, 2.05) is 25.3 Å². The number of hydrogen-bond donors (Lipinski definition) is 0. The van der Waals surface area contributed by atoms with Gasteiger partial charge in [-0.2, -0.15) is 5.10 Å². The molecule has 2 heterocycles. The van der Waals surface area contributed by atoms with Crippen LogP contribution in [0.15, 0.2) is 34.1 Å². The summed E-state index contributed by atoms with van der Waals surface area (Å²) in [7, 11) is 0. The summed E-state index contributed by atoms with van der Waals surface area (Å²) in [6.45, 7) is 1.89. The van der Waals surface area contributed by atoms with Crippen LogP contribution < -0.4 is 0 Å². The summed E-state index contributed by atoms with van der Waals surface area (Å²) < 4.78 is 2.76. The highest BCUT2D eigenvalue weighted by Gasteiger charge is 2.00. The van der Waals surface area contributed by atoms with Crippen LogP contribution in [0.5, 0.6) is 0 Å². The van der Waals surface area contributed by atoms with Crippen molar-refractivity contribution in [1.29, 1.82) is 0 Å². The molecule has 66 valence electrons. The zero-order valence-electron chi connectivity index (χ0n) is 7.11. The van der Waals surface area contributed by atoms with Crippen LogP contribution in [0.4, 0.5) is 0 Å². The Labute approximate surface area is 84.2 Å². The standard InChI is InChI=1S/C9H8BrN3/c1-2-12-13-4-3-8-9(13)5-7(10)6-11-8/h2-6H,1H3. The molecular weight excluding hydrogens is 230 g/mol. The molecule has 2 rings (SSSR count). The molecule has 0 aliphatic heterocycles. The van der Waals surface area contributed by atoms with Crippen LogP contribution in [0.3, 0.4) is 0 Å². The first-order valence-electron chi connectivity index (χ1n) is 3.93. The Bertz CT molecular complexity index is 459. The third-order valence-electron chi connectivity index (χ3n) is 1.72. The van der Waals surface area contributed by atoms with Crippen molar-refractivity contribution in [2.24, 2.45) is 5.10 Å². The van der Waals surface area contributed by atoms with Gasteiger partial charge in [0.2, 0.25) is 0 Å². The van der Waals surface area contributed by atoms with E-state index in [0.717, 1.165) is 15.5 Å². The van der Waals surface area contributed by atoms with Crippen LogP contribution >= 0.6 is 15.9 Å². The lowest BCUT2D eigenvalue weighted by atomic mass is 10.4. The summed E-state index contributed by atoms with van der Waals surface area (Å²) in [4.78, 5) is 4.24. The van der Waals surface area contributed by atoms with Gasteiger partial charge < -0.3 is 0 Å².